The molecule has 11 heteroatoms. The first-order valence-corrected chi connectivity index (χ1v) is 9.29. The monoisotopic (exact) mass is 439 g/mol. The van der Waals surface area contributed by atoms with Gasteiger partial charge in [-0.2, -0.15) is 13.2 Å². The summed E-state index contributed by atoms with van der Waals surface area (Å²) in [6, 6.07) is 6.56. The zero-order chi connectivity index (χ0) is 22.9. The number of carbonyl (C=O) groups excluding carboxylic acids is 1. The summed E-state index contributed by atoms with van der Waals surface area (Å²) in [6.45, 7) is 1.86. The molecule has 8 nitrogen and oxygen atoms in total. The van der Waals surface area contributed by atoms with E-state index in [2.05, 4.69) is 25.3 Å². The number of halogens is 3. The molecule has 1 amide bonds. The molecule has 1 aromatic carbocycles. The van der Waals surface area contributed by atoms with Gasteiger partial charge >= 0.3 is 6.18 Å². The number of nitrogen functional groups attached to an aromatic ring is 1. The summed E-state index contributed by atoms with van der Waals surface area (Å²) in [4.78, 5) is 28.6. The van der Waals surface area contributed by atoms with E-state index in [1.54, 1.807) is 35.0 Å². The van der Waals surface area contributed by atoms with E-state index in [0.717, 1.165) is 29.5 Å². The van der Waals surface area contributed by atoms with Gasteiger partial charge in [-0.25, -0.2) is 19.9 Å². The van der Waals surface area contributed by atoms with Crippen molar-refractivity contribution in [2.75, 3.05) is 11.1 Å². The summed E-state index contributed by atoms with van der Waals surface area (Å²) < 4.78 is 40.3. The van der Waals surface area contributed by atoms with E-state index in [1.807, 2.05) is 6.92 Å². The van der Waals surface area contributed by atoms with Crippen LogP contribution in [0.5, 0.6) is 0 Å². The molecule has 3 heterocycles. The number of nitrogens with zero attached hydrogens (tertiary/aromatic N) is 5. The second-order valence-corrected chi connectivity index (χ2v) is 6.85. The Morgan fingerprint density at radius 1 is 1.12 bits per heavy atom. The van der Waals surface area contributed by atoms with Crippen molar-refractivity contribution in [3.63, 3.8) is 0 Å². The van der Waals surface area contributed by atoms with Crippen molar-refractivity contribution in [3.05, 3.63) is 71.4 Å². The number of hydrogen-bond donors (Lipinski definition) is 2. The van der Waals surface area contributed by atoms with Crippen LogP contribution >= 0.6 is 0 Å². The summed E-state index contributed by atoms with van der Waals surface area (Å²) in [5.74, 6) is -0.509. The number of amides is 1. The fourth-order valence-corrected chi connectivity index (χ4v) is 2.96. The van der Waals surface area contributed by atoms with Crippen LogP contribution in [0.25, 0.3) is 23.4 Å². The van der Waals surface area contributed by atoms with Crippen molar-refractivity contribution in [2.45, 2.75) is 13.1 Å². The summed E-state index contributed by atoms with van der Waals surface area (Å²) in [6.07, 6.45) is 2.80. The lowest BCUT2D eigenvalue weighted by molar-refractivity contribution is -0.137. The van der Waals surface area contributed by atoms with Gasteiger partial charge in [0, 0.05) is 18.0 Å². The van der Waals surface area contributed by atoms with Crippen LogP contribution in [-0.2, 0) is 6.18 Å². The standard InChI is InChI=1S/C21H16F3N7O/c1-12-2-3-14(20(32)30-16-9-15(4-6-26-16)21(22,23)24)8-13(12)5-7-31-11-29-17-18(25)27-10-28-19(17)31/h2-11H,1H3,(H2,25,27,28)(H,26,30,32). The number of pyridine rings is 1. The van der Waals surface area contributed by atoms with E-state index in [0.29, 0.717) is 11.2 Å². The zero-order valence-corrected chi connectivity index (χ0v) is 16.6. The van der Waals surface area contributed by atoms with Crippen LogP contribution in [0.3, 0.4) is 0 Å². The molecule has 0 spiro atoms. The number of imidazole rings is 1. The van der Waals surface area contributed by atoms with Crippen molar-refractivity contribution < 1.29 is 18.0 Å². The number of benzene rings is 1. The largest absolute Gasteiger partial charge is 0.416 e. The lowest BCUT2D eigenvalue weighted by Gasteiger charge is -2.10. The molecule has 0 aliphatic rings. The van der Waals surface area contributed by atoms with Gasteiger partial charge in [0.15, 0.2) is 17.0 Å². The second-order valence-electron chi connectivity index (χ2n) is 6.85. The van der Waals surface area contributed by atoms with Crippen molar-refractivity contribution in [3.8, 4) is 0 Å². The van der Waals surface area contributed by atoms with Gasteiger partial charge in [0.25, 0.3) is 5.91 Å². The van der Waals surface area contributed by atoms with E-state index in [4.69, 9.17) is 5.73 Å². The minimum Gasteiger partial charge on any atom is -0.382 e. The lowest BCUT2D eigenvalue weighted by atomic mass is 10.0. The van der Waals surface area contributed by atoms with Gasteiger partial charge in [0.2, 0.25) is 0 Å². The maximum Gasteiger partial charge on any atom is 0.416 e. The number of hydrogen-bond acceptors (Lipinski definition) is 6. The van der Waals surface area contributed by atoms with Crippen LogP contribution in [0.15, 0.2) is 49.2 Å². The van der Waals surface area contributed by atoms with Gasteiger partial charge in [-0.3, -0.25) is 9.36 Å². The Morgan fingerprint density at radius 3 is 2.72 bits per heavy atom. The Hall–Kier alpha value is -4.28. The van der Waals surface area contributed by atoms with E-state index in [1.165, 1.54) is 12.7 Å². The highest BCUT2D eigenvalue weighted by Crippen LogP contribution is 2.30. The molecule has 162 valence electrons. The maximum atomic E-state index is 12.9. The van der Waals surface area contributed by atoms with Crippen LogP contribution in [0, 0.1) is 6.92 Å². The summed E-state index contributed by atoms with van der Waals surface area (Å²) >= 11 is 0. The van der Waals surface area contributed by atoms with Crippen LogP contribution in [0.1, 0.15) is 27.0 Å². The van der Waals surface area contributed by atoms with Crippen LogP contribution < -0.4 is 11.1 Å². The van der Waals surface area contributed by atoms with Gasteiger partial charge in [0.1, 0.15) is 18.5 Å². The predicted molar refractivity (Wildman–Crippen MR) is 113 cm³/mol. The average molecular weight is 439 g/mol. The highest BCUT2D eigenvalue weighted by atomic mass is 19.4. The fourth-order valence-electron chi connectivity index (χ4n) is 2.96. The Kier molecular flexibility index (Phi) is 5.31. The van der Waals surface area contributed by atoms with Gasteiger partial charge in [-0.15, -0.1) is 0 Å². The molecule has 4 rings (SSSR count). The normalized spacial score (nSPS) is 11.9. The molecule has 3 aromatic heterocycles. The summed E-state index contributed by atoms with van der Waals surface area (Å²) in [5.41, 5.74) is 7.75. The molecule has 0 fully saturated rings. The molecule has 0 unspecified atom stereocenters. The van der Waals surface area contributed by atoms with Crippen LogP contribution in [0.4, 0.5) is 24.8 Å². The Labute approximate surface area is 179 Å². The molecular weight excluding hydrogens is 423 g/mol. The number of alkyl halides is 3. The van der Waals surface area contributed by atoms with Crippen molar-refractivity contribution >= 4 is 41.0 Å². The average Bonchev–Trinajstić information content (AvgIpc) is 3.17. The number of aryl methyl sites for hydroxylation is 1. The first kappa shape index (κ1) is 21.0. The fraction of sp³-hybridized carbons (Fsp3) is 0.0952. The van der Waals surface area contributed by atoms with Crippen LogP contribution in [-0.4, -0.2) is 30.4 Å². The van der Waals surface area contributed by atoms with Crippen molar-refractivity contribution in [2.24, 2.45) is 0 Å². The zero-order valence-electron chi connectivity index (χ0n) is 16.6. The SMILES string of the molecule is Cc1ccc(C(=O)Nc2cc(C(F)(F)F)ccn2)cc1C=Cn1cnc2c(N)ncnc21. The predicted octanol–water partition coefficient (Wildman–Crippen LogP) is 4.01. The molecule has 0 radical (unpaired) electrons. The van der Waals surface area contributed by atoms with Crippen LogP contribution in [0.2, 0.25) is 0 Å². The van der Waals surface area contributed by atoms with Crippen molar-refractivity contribution in [1.29, 1.82) is 0 Å². The molecule has 32 heavy (non-hydrogen) atoms. The number of nitrogens with one attached hydrogen (secondary N) is 1. The molecular formula is C21H16F3N7O. The van der Waals surface area contributed by atoms with E-state index >= 15 is 0 Å². The molecule has 0 atom stereocenters. The summed E-state index contributed by atoms with van der Waals surface area (Å²) in [7, 11) is 0. The smallest absolute Gasteiger partial charge is 0.382 e. The maximum absolute atomic E-state index is 12.9. The number of aromatic nitrogens is 5. The summed E-state index contributed by atoms with van der Waals surface area (Å²) in [5, 5.41) is 2.40. The molecule has 0 saturated heterocycles. The lowest BCUT2D eigenvalue weighted by Crippen LogP contribution is -2.14. The molecule has 4 aromatic rings. The van der Waals surface area contributed by atoms with Gasteiger partial charge < -0.3 is 11.1 Å². The minimum absolute atomic E-state index is 0.190. The first-order valence-electron chi connectivity index (χ1n) is 9.29. The third-order valence-electron chi connectivity index (χ3n) is 4.67. The van der Waals surface area contributed by atoms with Gasteiger partial charge in [-0.1, -0.05) is 6.07 Å². The number of carbonyl (C=O) groups is 1. The van der Waals surface area contributed by atoms with Gasteiger partial charge in [-0.05, 0) is 48.4 Å². The molecule has 3 N–H and O–H groups in total. The van der Waals surface area contributed by atoms with Gasteiger partial charge in [0.05, 0.1) is 5.56 Å². The molecule has 0 saturated carbocycles. The molecule has 0 aliphatic carbocycles. The molecule has 0 bridgehead atoms. The molecule has 0 aliphatic heterocycles. The number of fused-ring (bicyclic) bond motifs is 1. The second kappa shape index (κ2) is 8.10. The minimum atomic E-state index is -4.53. The number of nitrogens with two attached hydrogens (primary N) is 1. The topological polar surface area (TPSA) is 112 Å². The Bertz CT molecular complexity index is 1340. The third-order valence-corrected chi connectivity index (χ3v) is 4.67. The quantitative estimate of drug-likeness (QED) is 0.497. The van der Waals surface area contributed by atoms with Crippen molar-refractivity contribution in [1.82, 2.24) is 24.5 Å². The number of rotatable bonds is 4. The Balaban J connectivity index is 1.58. The van der Waals surface area contributed by atoms with E-state index in [9.17, 15) is 18.0 Å². The first-order chi connectivity index (χ1) is 15.2. The Morgan fingerprint density at radius 2 is 1.94 bits per heavy atom. The third kappa shape index (κ3) is 4.26. The number of anilines is 2. The van der Waals surface area contributed by atoms with E-state index < -0.39 is 17.6 Å². The highest BCUT2D eigenvalue weighted by molar-refractivity contribution is 6.04. The highest BCUT2D eigenvalue weighted by Gasteiger charge is 2.30. The van der Waals surface area contributed by atoms with E-state index in [-0.39, 0.29) is 17.2 Å².